The molecule has 1 aliphatic heterocycles. The quantitative estimate of drug-likeness (QED) is 0.613. The second-order valence-electron chi connectivity index (χ2n) is 6.94. The first-order valence-electron chi connectivity index (χ1n) is 9.21. The van der Waals surface area contributed by atoms with Crippen molar-refractivity contribution in [1.82, 2.24) is 19.4 Å². The zero-order valence-electron chi connectivity index (χ0n) is 14.9. The number of nitrogens with zero attached hydrogens (tertiary/aromatic N) is 3. The van der Waals surface area contributed by atoms with Gasteiger partial charge in [-0.15, -0.1) is 0 Å². The maximum atomic E-state index is 12.4. The van der Waals surface area contributed by atoms with Crippen LogP contribution in [-0.4, -0.2) is 26.0 Å². The van der Waals surface area contributed by atoms with Crippen LogP contribution >= 0.6 is 0 Å². The molecule has 0 radical (unpaired) electrons. The summed E-state index contributed by atoms with van der Waals surface area (Å²) in [5.74, 6) is 0.708. The topological polar surface area (TPSA) is 53.9 Å². The van der Waals surface area contributed by atoms with Crippen molar-refractivity contribution in [2.75, 3.05) is 6.54 Å². The number of H-pyrrole nitrogens is 1. The first-order chi connectivity index (χ1) is 13.3. The summed E-state index contributed by atoms with van der Waals surface area (Å²) < 4.78 is 2.31. The summed E-state index contributed by atoms with van der Waals surface area (Å²) in [7, 11) is 0. The van der Waals surface area contributed by atoms with Gasteiger partial charge in [-0.25, -0.2) is 4.98 Å². The van der Waals surface area contributed by atoms with E-state index in [2.05, 4.69) is 57.0 Å². The fraction of sp³-hybridized carbons (Fsp3) is 0.182. The zero-order valence-corrected chi connectivity index (χ0v) is 14.9. The van der Waals surface area contributed by atoms with E-state index < -0.39 is 0 Å². The summed E-state index contributed by atoms with van der Waals surface area (Å²) in [6, 6.07) is 22.4. The van der Waals surface area contributed by atoms with Crippen LogP contribution in [0.25, 0.3) is 10.9 Å². The molecular weight excluding hydrogens is 336 g/mol. The van der Waals surface area contributed by atoms with Gasteiger partial charge in [0.05, 0.1) is 23.5 Å². The fourth-order valence-corrected chi connectivity index (χ4v) is 4.02. The third-order valence-electron chi connectivity index (χ3n) is 5.27. The number of nitrogens with one attached hydrogen (secondary N) is 1. The van der Waals surface area contributed by atoms with Crippen LogP contribution in [0, 0.1) is 0 Å². The first kappa shape index (κ1) is 16.0. The lowest BCUT2D eigenvalue weighted by molar-refractivity contribution is 0.170. The number of benzene rings is 2. The maximum Gasteiger partial charge on any atom is 0.258 e. The molecule has 0 fully saturated rings. The van der Waals surface area contributed by atoms with Crippen molar-refractivity contribution in [3.63, 3.8) is 0 Å². The van der Waals surface area contributed by atoms with E-state index in [1.54, 1.807) is 0 Å². The number of aromatic amines is 1. The molecule has 5 heteroatoms. The third-order valence-corrected chi connectivity index (χ3v) is 5.27. The molecule has 1 unspecified atom stereocenters. The Morgan fingerprint density at radius 3 is 2.67 bits per heavy atom. The van der Waals surface area contributed by atoms with Crippen LogP contribution in [-0.2, 0) is 13.1 Å². The molecule has 0 saturated carbocycles. The van der Waals surface area contributed by atoms with E-state index in [9.17, 15) is 4.79 Å². The normalized spacial score (nSPS) is 17.1. The van der Waals surface area contributed by atoms with Crippen molar-refractivity contribution >= 4 is 10.9 Å². The van der Waals surface area contributed by atoms with Gasteiger partial charge in [0.2, 0.25) is 0 Å². The molecule has 1 aliphatic rings. The molecule has 0 amide bonds. The molecule has 5 rings (SSSR count). The molecule has 5 nitrogen and oxygen atoms in total. The molecule has 1 atom stereocenters. The van der Waals surface area contributed by atoms with Crippen molar-refractivity contribution in [3.05, 3.63) is 100 Å². The Morgan fingerprint density at radius 1 is 0.963 bits per heavy atom. The highest BCUT2D eigenvalue weighted by Crippen LogP contribution is 2.33. The Balaban J connectivity index is 1.55. The summed E-state index contributed by atoms with van der Waals surface area (Å²) in [6.45, 7) is 2.44. The van der Waals surface area contributed by atoms with E-state index in [0.717, 1.165) is 18.6 Å². The molecule has 134 valence electrons. The molecule has 1 N–H and O–H groups in total. The number of rotatable bonds is 3. The highest BCUT2D eigenvalue weighted by molar-refractivity contribution is 5.77. The van der Waals surface area contributed by atoms with Crippen molar-refractivity contribution in [2.45, 2.75) is 19.1 Å². The number of aromatic nitrogens is 3. The predicted octanol–water partition coefficient (Wildman–Crippen LogP) is 3.33. The minimum Gasteiger partial charge on any atom is -0.348 e. The Labute approximate surface area is 156 Å². The fourth-order valence-electron chi connectivity index (χ4n) is 4.02. The number of para-hydroxylation sites is 1. The smallest absolute Gasteiger partial charge is 0.258 e. The second-order valence-corrected chi connectivity index (χ2v) is 6.94. The van der Waals surface area contributed by atoms with Gasteiger partial charge in [0.1, 0.15) is 5.82 Å². The van der Waals surface area contributed by atoms with Crippen LogP contribution in [0.2, 0.25) is 0 Å². The van der Waals surface area contributed by atoms with E-state index in [1.807, 2.05) is 30.3 Å². The molecule has 0 aliphatic carbocycles. The van der Waals surface area contributed by atoms with E-state index in [4.69, 9.17) is 4.98 Å². The highest BCUT2D eigenvalue weighted by Gasteiger charge is 2.29. The van der Waals surface area contributed by atoms with E-state index in [0.29, 0.717) is 17.8 Å². The van der Waals surface area contributed by atoms with Gasteiger partial charge in [-0.3, -0.25) is 9.69 Å². The molecular formula is C22H20N4O. The summed E-state index contributed by atoms with van der Waals surface area (Å²) in [5, 5.41) is 0.633. The largest absolute Gasteiger partial charge is 0.348 e. The van der Waals surface area contributed by atoms with E-state index in [1.165, 1.54) is 11.3 Å². The average molecular weight is 356 g/mol. The van der Waals surface area contributed by atoms with Gasteiger partial charge in [-0.2, -0.15) is 0 Å². The third kappa shape index (κ3) is 2.86. The number of hydrogen-bond acceptors (Lipinski definition) is 3. The van der Waals surface area contributed by atoms with Gasteiger partial charge in [0.15, 0.2) is 0 Å². The minimum absolute atomic E-state index is 0.0766. The van der Waals surface area contributed by atoms with Crippen molar-refractivity contribution in [3.8, 4) is 0 Å². The standard InChI is InChI=1S/C22H20N4O/c27-22-17-9-4-5-10-18(17)23-20(24-22)15-26-14-13-25-12-6-11-19(25)21(26)16-7-2-1-3-8-16/h1-12,21H,13-15H2,(H,23,24,27). The maximum absolute atomic E-state index is 12.4. The number of fused-ring (bicyclic) bond motifs is 2. The van der Waals surface area contributed by atoms with Crippen LogP contribution in [0.4, 0.5) is 0 Å². The highest BCUT2D eigenvalue weighted by atomic mass is 16.1. The molecule has 0 saturated heterocycles. The van der Waals surface area contributed by atoms with Gasteiger partial charge in [0, 0.05) is 25.0 Å². The van der Waals surface area contributed by atoms with Crippen molar-refractivity contribution < 1.29 is 0 Å². The average Bonchev–Trinajstić information content (AvgIpc) is 3.17. The Bertz CT molecular complexity index is 1150. The van der Waals surface area contributed by atoms with Crippen LogP contribution in [0.15, 0.2) is 77.7 Å². The second kappa shape index (κ2) is 6.52. The van der Waals surface area contributed by atoms with Gasteiger partial charge in [-0.1, -0.05) is 42.5 Å². The summed E-state index contributed by atoms with van der Waals surface area (Å²) in [5.41, 5.74) is 3.19. The van der Waals surface area contributed by atoms with Gasteiger partial charge < -0.3 is 9.55 Å². The molecule has 0 spiro atoms. The van der Waals surface area contributed by atoms with Crippen LogP contribution in [0.5, 0.6) is 0 Å². The molecule has 4 aromatic rings. The Morgan fingerprint density at radius 2 is 1.78 bits per heavy atom. The summed E-state index contributed by atoms with van der Waals surface area (Å²) in [6.07, 6.45) is 2.14. The zero-order chi connectivity index (χ0) is 18.2. The van der Waals surface area contributed by atoms with Crippen LogP contribution < -0.4 is 5.56 Å². The minimum atomic E-state index is -0.0766. The van der Waals surface area contributed by atoms with E-state index >= 15 is 0 Å². The SMILES string of the molecule is O=c1[nH]c(CN2CCn3cccc3C2c2ccccc2)nc2ccccc12. The lowest BCUT2D eigenvalue weighted by Crippen LogP contribution is -2.38. The monoisotopic (exact) mass is 356 g/mol. The van der Waals surface area contributed by atoms with Crippen molar-refractivity contribution in [1.29, 1.82) is 0 Å². The van der Waals surface area contributed by atoms with Gasteiger partial charge in [-0.05, 0) is 29.8 Å². The molecule has 3 heterocycles. The van der Waals surface area contributed by atoms with Gasteiger partial charge in [0.25, 0.3) is 5.56 Å². The van der Waals surface area contributed by atoms with Crippen molar-refractivity contribution in [2.24, 2.45) is 0 Å². The molecule has 2 aromatic heterocycles. The molecule has 27 heavy (non-hydrogen) atoms. The lowest BCUT2D eigenvalue weighted by atomic mass is 10.00. The predicted molar refractivity (Wildman–Crippen MR) is 105 cm³/mol. The lowest BCUT2D eigenvalue weighted by Gasteiger charge is -2.37. The summed E-state index contributed by atoms with van der Waals surface area (Å²) in [4.78, 5) is 22.5. The molecule has 2 aromatic carbocycles. The Hall–Kier alpha value is -3.18. The van der Waals surface area contributed by atoms with Gasteiger partial charge >= 0.3 is 0 Å². The van der Waals surface area contributed by atoms with Crippen LogP contribution in [0.1, 0.15) is 23.1 Å². The first-order valence-corrected chi connectivity index (χ1v) is 9.21. The van der Waals surface area contributed by atoms with Crippen LogP contribution in [0.3, 0.4) is 0 Å². The Kier molecular flexibility index (Phi) is 3.87. The molecule has 0 bridgehead atoms. The summed E-state index contributed by atoms with van der Waals surface area (Å²) >= 11 is 0. The van der Waals surface area contributed by atoms with E-state index in [-0.39, 0.29) is 11.6 Å². The number of hydrogen-bond donors (Lipinski definition) is 1.